The summed E-state index contributed by atoms with van der Waals surface area (Å²) in [6, 6.07) is 47.3. The number of aromatic nitrogens is 6. The van der Waals surface area contributed by atoms with Gasteiger partial charge in [-0.25, -0.2) is 33.6 Å². The highest BCUT2D eigenvalue weighted by Crippen LogP contribution is 2.31. The van der Waals surface area contributed by atoms with Crippen molar-refractivity contribution in [1.29, 1.82) is 5.26 Å². The maximum absolute atomic E-state index is 13.8. The molecule has 8 aromatic rings. The van der Waals surface area contributed by atoms with Gasteiger partial charge in [-0.2, -0.15) is 15.2 Å². The number of nitrogens with zero attached hydrogens (tertiary/aromatic N) is 8. The fourth-order valence-corrected chi connectivity index (χ4v) is 5.51. The third kappa shape index (κ3) is 10.4. The number of hydrogen-bond donors (Lipinski definition) is 2. The highest BCUT2D eigenvalue weighted by atomic mass is 35.5. The Balaban J connectivity index is 0.000000159. The van der Waals surface area contributed by atoms with Crippen molar-refractivity contribution in [3.05, 3.63) is 192 Å². The van der Waals surface area contributed by atoms with Gasteiger partial charge in [-0.1, -0.05) is 127 Å². The summed E-state index contributed by atoms with van der Waals surface area (Å²) in [6.45, 7) is 7.37. The fourth-order valence-electron chi connectivity index (χ4n) is 5.35. The van der Waals surface area contributed by atoms with E-state index >= 15 is 0 Å². The molecule has 0 aliphatic carbocycles. The van der Waals surface area contributed by atoms with Gasteiger partial charge in [0.1, 0.15) is 11.6 Å². The number of hydrogen-bond acceptors (Lipinski definition) is 9. The van der Waals surface area contributed by atoms with Gasteiger partial charge in [-0.05, 0) is 41.9 Å². The van der Waals surface area contributed by atoms with Crippen LogP contribution in [0, 0.1) is 29.5 Å². The van der Waals surface area contributed by atoms with E-state index in [1.54, 1.807) is 6.07 Å². The van der Waals surface area contributed by atoms with E-state index in [1.165, 1.54) is 24.3 Å². The van der Waals surface area contributed by atoms with Gasteiger partial charge in [0.15, 0.2) is 34.8 Å². The standard InChI is InChI=1S/C22H13FN4.C15H10ClN3.C7H5BFNO2/c1-24-19-13-12-17(23)14-18(19)22-26-20(15-8-4-2-5-9-15)25-21(27-22)16-10-6-3-7-11-16;16-15-18-13(11-7-3-1-4-8-11)17-14(19-15)12-9-5-2-6-10-12;9-6-2-1-5(4-10)7(3-6)8(11)12/h2-14H;1-10H;1-3,11-12H. The van der Waals surface area contributed by atoms with Crippen LogP contribution in [0.5, 0.6) is 0 Å². The predicted molar refractivity (Wildman–Crippen MR) is 219 cm³/mol. The van der Waals surface area contributed by atoms with Gasteiger partial charge in [0.05, 0.1) is 18.2 Å². The van der Waals surface area contributed by atoms with Crippen molar-refractivity contribution in [2.45, 2.75) is 0 Å². The van der Waals surface area contributed by atoms with Crippen molar-refractivity contribution < 1.29 is 18.8 Å². The molecule has 0 spiro atoms. The number of benzene rings is 6. The lowest BCUT2D eigenvalue weighted by atomic mass is 9.77. The Labute approximate surface area is 337 Å². The molecule has 14 heteroatoms. The van der Waals surface area contributed by atoms with Crippen LogP contribution < -0.4 is 5.46 Å². The summed E-state index contributed by atoms with van der Waals surface area (Å²) in [4.78, 5) is 29.9. The second-order valence-corrected chi connectivity index (χ2v) is 12.4. The molecule has 0 atom stereocenters. The quantitative estimate of drug-likeness (QED) is 0.125. The Morgan fingerprint density at radius 2 is 0.914 bits per heavy atom. The molecule has 0 radical (unpaired) electrons. The summed E-state index contributed by atoms with van der Waals surface area (Å²) < 4.78 is 26.4. The van der Waals surface area contributed by atoms with Crippen molar-refractivity contribution in [1.82, 2.24) is 29.9 Å². The van der Waals surface area contributed by atoms with Crippen LogP contribution >= 0.6 is 11.6 Å². The van der Waals surface area contributed by atoms with Gasteiger partial charge >= 0.3 is 7.12 Å². The zero-order chi connectivity index (χ0) is 40.9. The van der Waals surface area contributed by atoms with E-state index in [-0.39, 0.29) is 22.1 Å². The molecule has 0 fully saturated rings. The van der Waals surface area contributed by atoms with E-state index in [4.69, 9.17) is 33.5 Å². The Hall–Kier alpha value is -7.55. The van der Waals surface area contributed by atoms with Crippen molar-refractivity contribution in [2.24, 2.45) is 0 Å². The lowest BCUT2D eigenvalue weighted by Gasteiger charge is -2.09. The highest BCUT2D eigenvalue weighted by molar-refractivity contribution is 6.59. The van der Waals surface area contributed by atoms with Crippen LogP contribution in [0.1, 0.15) is 5.56 Å². The molecule has 6 aromatic carbocycles. The lowest BCUT2D eigenvalue weighted by molar-refractivity contribution is 0.425. The van der Waals surface area contributed by atoms with Gasteiger partial charge in [0, 0.05) is 33.3 Å². The van der Waals surface area contributed by atoms with Gasteiger partial charge in [-0.3, -0.25) is 0 Å². The van der Waals surface area contributed by atoms with E-state index in [9.17, 15) is 8.78 Å². The molecule has 2 aromatic heterocycles. The van der Waals surface area contributed by atoms with Crippen LogP contribution in [0.4, 0.5) is 14.5 Å². The molecule has 8 rings (SSSR count). The number of halogens is 3. The van der Waals surface area contributed by atoms with E-state index in [1.807, 2.05) is 121 Å². The summed E-state index contributed by atoms with van der Waals surface area (Å²) in [7, 11) is -1.81. The van der Waals surface area contributed by atoms with Gasteiger partial charge in [0.2, 0.25) is 5.28 Å². The average Bonchev–Trinajstić information content (AvgIpc) is 3.27. The van der Waals surface area contributed by atoms with Gasteiger partial charge in [-0.15, -0.1) is 0 Å². The predicted octanol–water partition coefficient (Wildman–Crippen LogP) is 8.80. The summed E-state index contributed by atoms with van der Waals surface area (Å²) in [6.07, 6.45) is 0. The summed E-state index contributed by atoms with van der Waals surface area (Å²) in [5.41, 5.74) is 4.07. The molecule has 0 aliphatic rings. The third-order valence-corrected chi connectivity index (χ3v) is 8.27. The second kappa shape index (κ2) is 19.4. The van der Waals surface area contributed by atoms with E-state index < -0.39 is 18.8 Å². The maximum Gasteiger partial charge on any atom is 0.489 e. The largest absolute Gasteiger partial charge is 0.489 e. The minimum absolute atomic E-state index is 0.0615. The normalized spacial score (nSPS) is 10.1. The Morgan fingerprint density at radius 3 is 1.31 bits per heavy atom. The molecule has 0 saturated heterocycles. The molecule has 280 valence electrons. The van der Waals surface area contributed by atoms with E-state index in [0.29, 0.717) is 34.5 Å². The smallest absolute Gasteiger partial charge is 0.423 e. The van der Waals surface area contributed by atoms with Crippen molar-refractivity contribution in [3.63, 3.8) is 0 Å². The molecule has 58 heavy (non-hydrogen) atoms. The molecular weight excluding hydrogens is 757 g/mol. The monoisotopic (exact) mass is 784 g/mol. The topological polar surface area (TPSA) is 146 Å². The first-order valence-electron chi connectivity index (χ1n) is 17.3. The molecule has 0 saturated carbocycles. The Bertz CT molecular complexity index is 2610. The van der Waals surface area contributed by atoms with Crippen LogP contribution in [-0.4, -0.2) is 47.1 Å². The average molecular weight is 785 g/mol. The third-order valence-electron chi connectivity index (χ3n) is 8.10. The zero-order valence-electron chi connectivity index (χ0n) is 30.2. The molecule has 2 N–H and O–H groups in total. The fraction of sp³-hybridized carbons (Fsp3) is 0. The van der Waals surface area contributed by atoms with Gasteiger partial charge < -0.3 is 10.0 Å². The molecule has 0 bridgehead atoms. The molecule has 10 nitrogen and oxygen atoms in total. The van der Waals surface area contributed by atoms with Crippen molar-refractivity contribution in [3.8, 4) is 63.0 Å². The zero-order valence-corrected chi connectivity index (χ0v) is 31.0. The minimum Gasteiger partial charge on any atom is -0.423 e. The van der Waals surface area contributed by atoms with Crippen LogP contribution in [0.25, 0.3) is 61.8 Å². The van der Waals surface area contributed by atoms with Gasteiger partial charge in [0.25, 0.3) is 0 Å². The molecule has 2 heterocycles. The minimum atomic E-state index is -1.81. The van der Waals surface area contributed by atoms with Crippen LogP contribution in [0.3, 0.4) is 0 Å². The summed E-state index contributed by atoms with van der Waals surface area (Å²) in [5.74, 6) is 1.34. The second-order valence-electron chi connectivity index (χ2n) is 12.0. The Kier molecular flexibility index (Phi) is 13.4. The van der Waals surface area contributed by atoms with Crippen LogP contribution in [0.2, 0.25) is 5.28 Å². The van der Waals surface area contributed by atoms with E-state index in [2.05, 4.69) is 34.7 Å². The highest BCUT2D eigenvalue weighted by Gasteiger charge is 2.17. The first-order valence-corrected chi connectivity index (χ1v) is 17.7. The Morgan fingerprint density at radius 1 is 0.534 bits per heavy atom. The van der Waals surface area contributed by atoms with Crippen LogP contribution in [-0.2, 0) is 0 Å². The SMILES string of the molecule is Clc1nc(-c2ccccc2)nc(-c2ccccc2)n1.N#Cc1ccc(F)cc1B(O)O.[C-]#[N+]c1ccc(F)cc1-c1nc(-c2ccccc2)nc(-c2ccccc2)n1. The number of rotatable bonds is 6. The van der Waals surface area contributed by atoms with Crippen molar-refractivity contribution in [2.75, 3.05) is 0 Å². The molecule has 0 aliphatic heterocycles. The molecule has 0 amide bonds. The van der Waals surface area contributed by atoms with Crippen molar-refractivity contribution >= 4 is 29.9 Å². The van der Waals surface area contributed by atoms with E-state index in [0.717, 1.165) is 34.4 Å². The molecular formula is C44H28BClF2N8O2. The molecule has 0 unspecified atom stereocenters. The first-order chi connectivity index (χ1) is 28.2. The summed E-state index contributed by atoms with van der Waals surface area (Å²) >= 11 is 5.99. The number of nitriles is 1. The first kappa shape index (κ1) is 40.1. The summed E-state index contributed by atoms with van der Waals surface area (Å²) in [5, 5.41) is 26.1. The lowest BCUT2D eigenvalue weighted by Crippen LogP contribution is -2.32. The van der Waals surface area contributed by atoms with Crippen LogP contribution in [0.15, 0.2) is 158 Å². The maximum atomic E-state index is 13.8.